The number of carbonyl (C=O) groups is 5. The number of nitrogens with zero attached hydrogens (tertiary/aromatic N) is 6. The van der Waals surface area contributed by atoms with Crippen LogP contribution in [0.4, 0.5) is 54.3 Å². The predicted octanol–water partition coefficient (Wildman–Crippen LogP) is 9.57. The lowest BCUT2D eigenvalue weighted by molar-refractivity contribution is -0.173. The van der Waals surface area contributed by atoms with Gasteiger partial charge in [0.25, 0.3) is 0 Å². The summed E-state index contributed by atoms with van der Waals surface area (Å²) in [6.07, 6.45) is 0.759. The Hall–Kier alpha value is -6.56. The molecule has 2 aliphatic heterocycles. The van der Waals surface area contributed by atoms with E-state index in [1.165, 1.54) is 28.4 Å². The number of alkyl halides is 3. The molecule has 18 heteroatoms. The van der Waals surface area contributed by atoms with E-state index in [2.05, 4.69) is 23.6 Å². The predicted molar refractivity (Wildman–Crippen MR) is 264 cm³/mol. The van der Waals surface area contributed by atoms with Crippen LogP contribution in [-0.2, 0) is 17.9 Å². The Balaban J connectivity index is 0.000000265. The Bertz CT molecular complexity index is 2380. The van der Waals surface area contributed by atoms with Crippen LogP contribution < -0.4 is 30.7 Å². The standard InChI is InChI=1S/C27H32F4N4O3.C25H33FN4O2/c1-3-33(4-2)21-10-12-22(13-11-21)35(26(38)34-14-6-5-7-15-34)18-20-9-8-19(16-23(20)28)24(36)17-32-25(37)27(29,30)31;1-3-28(4-2)21-10-12-22(13-11-21)30(25(32)29-14-6-5-7-15-29)18-20-9-8-19(16-23(20)26)24(31)17-27/h8-13,16H,3-7,14-15,17-18H2,1-2H3,(H,32,37);8-13,16H,3-7,14-15,17-18,27H2,1-2H3. The van der Waals surface area contributed by atoms with Gasteiger partial charge in [-0.15, -0.1) is 0 Å². The van der Waals surface area contributed by atoms with Crippen LogP contribution in [0.1, 0.15) is 98.1 Å². The number of nitrogens with two attached hydrogens (primary N) is 1. The summed E-state index contributed by atoms with van der Waals surface area (Å²) in [5.41, 5.74) is 9.33. The molecule has 4 aromatic rings. The van der Waals surface area contributed by atoms with Crippen LogP contribution in [0.15, 0.2) is 84.9 Å². The third-order valence-electron chi connectivity index (χ3n) is 12.6. The van der Waals surface area contributed by atoms with Gasteiger partial charge >= 0.3 is 24.1 Å². The van der Waals surface area contributed by atoms with Gasteiger partial charge in [-0.3, -0.25) is 24.2 Å². The van der Waals surface area contributed by atoms with Gasteiger partial charge < -0.3 is 30.7 Å². The third-order valence-corrected chi connectivity index (χ3v) is 12.6. The summed E-state index contributed by atoms with van der Waals surface area (Å²) < 4.78 is 67.0. The number of rotatable bonds is 17. The molecule has 13 nitrogen and oxygen atoms in total. The van der Waals surface area contributed by atoms with Crippen LogP contribution in [-0.4, -0.2) is 111 Å². The number of piperidine rings is 2. The molecular weight excluding hydrogens is 912 g/mol. The monoisotopic (exact) mass is 976 g/mol. The first-order valence-electron chi connectivity index (χ1n) is 24.0. The van der Waals surface area contributed by atoms with Crippen molar-refractivity contribution < 1.29 is 45.9 Å². The zero-order chi connectivity index (χ0) is 51.0. The van der Waals surface area contributed by atoms with Crippen LogP contribution in [0.3, 0.4) is 0 Å². The van der Waals surface area contributed by atoms with Gasteiger partial charge in [0.2, 0.25) is 0 Å². The van der Waals surface area contributed by atoms with Gasteiger partial charge in [-0.1, -0.05) is 24.3 Å². The van der Waals surface area contributed by atoms with Crippen molar-refractivity contribution in [2.24, 2.45) is 5.73 Å². The highest BCUT2D eigenvalue weighted by atomic mass is 19.4. The van der Waals surface area contributed by atoms with E-state index >= 15 is 4.39 Å². The minimum absolute atomic E-state index is 0.0862. The number of benzene rings is 4. The number of likely N-dealkylation sites (tertiary alicyclic amines) is 2. The van der Waals surface area contributed by atoms with E-state index in [1.807, 2.05) is 67.3 Å². The number of amides is 5. The summed E-state index contributed by atoms with van der Waals surface area (Å²) in [6.45, 7) is 13.2. The van der Waals surface area contributed by atoms with E-state index in [0.29, 0.717) is 37.4 Å². The van der Waals surface area contributed by atoms with Crippen molar-refractivity contribution in [2.75, 3.05) is 85.0 Å². The van der Waals surface area contributed by atoms with Crippen molar-refractivity contribution >= 4 is 52.3 Å². The first-order chi connectivity index (χ1) is 33.5. The highest BCUT2D eigenvalue weighted by molar-refractivity contribution is 6.00. The fraction of sp³-hybridized carbons (Fsp3) is 0.442. The van der Waals surface area contributed by atoms with Crippen molar-refractivity contribution in [1.82, 2.24) is 15.1 Å². The molecule has 0 aliphatic carbocycles. The van der Waals surface area contributed by atoms with E-state index < -0.39 is 36.0 Å². The third kappa shape index (κ3) is 14.5. The highest BCUT2D eigenvalue weighted by Crippen LogP contribution is 2.28. The molecule has 0 radical (unpaired) electrons. The van der Waals surface area contributed by atoms with Crippen LogP contribution >= 0.6 is 0 Å². The van der Waals surface area contributed by atoms with E-state index in [0.717, 1.165) is 87.8 Å². The number of nitrogens with one attached hydrogen (secondary N) is 1. The van der Waals surface area contributed by atoms with Crippen molar-refractivity contribution in [2.45, 2.75) is 85.5 Å². The summed E-state index contributed by atoms with van der Waals surface area (Å²) in [6, 6.07) is 22.7. The topological polar surface area (TPSA) is 143 Å². The quantitative estimate of drug-likeness (QED) is 0.0787. The molecule has 5 amide bonds. The maximum absolute atomic E-state index is 15.1. The Morgan fingerprint density at radius 3 is 1.23 bits per heavy atom. The Labute approximate surface area is 407 Å². The average molecular weight is 977 g/mol. The molecule has 2 aliphatic rings. The second-order valence-corrected chi connectivity index (χ2v) is 17.1. The number of halogens is 5. The molecule has 2 fully saturated rings. The summed E-state index contributed by atoms with van der Waals surface area (Å²) in [4.78, 5) is 73.0. The van der Waals surface area contributed by atoms with E-state index in [-0.39, 0.29) is 54.2 Å². The van der Waals surface area contributed by atoms with Crippen molar-refractivity contribution in [3.63, 3.8) is 0 Å². The lowest BCUT2D eigenvalue weighted by Crippen LogP contribution is -2.45. The zero-order valence-electron chi connectivity index (χ0n) is 40.5. The molecule has 0 spiro atoms. The van der Waals surface area contributed by atoms with Crippen molar-refractivity contribution in [3.05, 3.63) is 119 Å². The number of anilines is 4. The molecule has 4 aromatic carbocycles. The minimum atomic E-state index is -5.12. The summed E-state index contributed by atoms with van der Waals surface area (Å²) in [5.74, 6) is -4.73. The lowest BCUT2D eigenvalue weighted by atomic mass is 10.1. The summed E-state index contributed by atoms with van der Waals surface area (Å²) >= 11 is 0. The normalized spacial score (nSPS) is 13.7. The largest absolute Gasteiger partial charge is 0.471 e. The number of urea groups is 2. The van der Waals surface area contributed by atoms with Crippen LogP contribution in [0.2, 0.25) is 0 Å². The van der Waals surface area contributed by atoms with Crippen molar-refractivity contribution in [1.29, 1.82) is 0 Å². The molecule has 70 heavy (non-hydrogen) atoms. The van der Waals surface area contributed by atoms with Crippen LogP contribution in [0.5, 0.6) is 0 Å². The minimum Gasteiger partial charge on any atom is -0.372 e. The molecule has 0 aromatic heterocycles. The van der Waals surface area contributed by atoms with Gasteiger partial charge in [-0.25, -0.2) is 18.4 Å². The maximum Gasteiger partial charge on any atom is 0.471 e. The lowest BCUT2D eigenvalue weighted by Gasteiger charge is -2.33. The van der Waals surface area contributed by atoms with Gasteiger partial charge in [0.15, 0.2) is 11.6 Å². The molecule has 0 bridgehead atoms. The van der Waals surface area contributed by atoms with Crippen LogP contribution in [0, 0.1) is 11.6 Å². The first kappa shape index (κ1) is 54.4. The first-order valence-corrected chi connectivity index (χ1v) is 24.0. The molecule has 2 saturated heterocycles. The zero-order valence-corrected chi connectivity index (χ0v) is 40.5. The Kier molecular flexibility index (Phi) is 20.1. The Morgan fingerprint density at radius 2 is 0.900 bits per heavy atom. The summed E-state index contributed by atoms with van der Waals surface area (Å²) in [5, 5.41) is 1.48. The van der Waals surface area contributed by atoms with Gasteiger partial charge in [0, 0.05) is 97.4 Å². The molecule has 378 valence electrons. The van der Waals surface area contributed by atoms with Gasteiger partial charge in [-0.05, 0) is 127 Å². The maximum atomic E-state index is 15.1. The van der Waals surface area contributed by atoms with E-state index in [1.54, 1.807) is 21.9 Å². The molecular formula is C52H65F5N8O5. The SMILES string of the molecule is CCN(CC)c1ccc(N(Cc2ccc(C(=O)CN)cc2F)C(=O)N2CCCCC2)cc1.CCN(CC)c1ccc(N(Cc2ccc(C(=O)CNC(=O)C(F)(F)F)cc2F)C(=O)N2CCCCC2)cc1. The fourth-order valence-electron chi connectivity index (χ4n) is 8.43. The van der Waals surface area contributed by atoms with Crippen molar-refractivity contribution in [3.8, 4) is 0 Å². The molecule has 6 rings (SSSR count). The second-order valence-electron chi connectivity index (χ2n) is 17.1. The van der Waals surface area contributed by atoms with Gasteiger partial charge in [0.1, 0.15) is 11.6 Å². The molecule has 0 unspecified atom stereocenters. The highest BCUT2D eigenvalue weighted by Gasteiger charge is 2.38. The second kappa shape index (κ2) is 25.9. The fourth-order valence-corrected chi connectivity index (χ4v) is 8.43. The molecule has 0 atom stereocenters. The number of Topliss-reactive ketones (excluding diaryl/α,β-unsaturated/α-hetero) is 2. The number of ketones is 2. The van der Waals surface area contributed by atoms with E-state index in [4.69, 9.17) is 5.73 Å². The number of hydrogen-bond donors (Lipinski definition) is 2. The molecule has 0 saturated carbocycles. The van der Waals surface area contributed by atoms with Crippen LogP contribution in [0.25, 0.3) is 0 Å². The van der Waals surface area contributed by atoms with Gasteiger partial charge in [0.05, 0.1) is 26.2 Å². The van der Waals surface area contributed by atoms with Gasteiger partial charge in [-0.2, -0.15) is 13.2 Å². The van der Waals surface area contributed by atoms with E-state index in [9.17, 15) is 41.5 Å². The Morgan fingerprint density at radius 1 is 0.543 bits per heavy atom. The molecule has 2 heterocycles. The number of hydrogen-bond acceptors (Lipinski definition) is 8. The number of carbonyl (C=O) groups excluding carboxylic acids is 5. The average Bonchev–Trinajstić information content (AvgIpc) is 3.38. The smallest absolute Gasteiger partial charge is 0.372 e. The molecule has 3 N–H and O–H groups in total. The summed E-state index contributed by atoms with van der Waals surface area (Å²) in [7, 11) is 0.